The molecule has 1 aromatic rings. The minimum absolute atomic E-state index is 0.0322. The quantitative estimate of drug-likeness (QED) is 0.907. The second-order valence-corrected chi connectivity index (χ2v) is 5.41. The maximum Gasteiger partial charge on any atom is 0.125 e. The van der Waals surface area contributed by atoms with Gasteiger partial charge in [0.15, 0.2) is 0 Å². The van der Waals surface area contributed by atoms with Crippen molar-refractivity contribution in [3.63, 3.8) is 0 Å². The molecule has 2 aliphatic rings. The van der Waals surface area contributed by atoms with Crippen molar-refractivity contribution in [2.75, 3.05) is 20.3 Å². The fourth-order valence-corrected chi connectivity index (χ4v) is 3.07. The number of ether oxygens (including phenoxy) is 3. The molecular weight excluding hydrogens is 242 g/mol. The number of rotatable bonds is 3. The molecule has 3 atom stereocenters. The highest BCUT2D eigenvalue weighted by Gasteiger charge is 2.33. The van der Waals surface area contributed by atoms with Gasteiger partial charge in [0.1, 0.15) is 17.6 Å². The second kappa shape index (κ2) is 5.02. The van der Waals surface area contributed by atoms with Gasteiger partial charge < -0.3 is 19.9 Å². The van der Waals surface area contributed by atoms with Crippen LogP contribution in [0.5, 0.6) is 11.5 Å². The van der Waals surface area contributed by atoms with E-state index < -0.39 is 0 Å². The molecule has 104 valence electrons. The Kier molecular flexibility index (Phi) is 3.37. The molecule has 4 nitrogen and oxygen atoms in total. The molecule has 4 heteroatoms. The lowest BCUT2D eigenvalue weighted by atomic mass is 9.93. The van der Waals surface area contributed by atoms with Crippen LogP contribution >= 0.6 is 0 Å². The third-order valence-corrected chi connectivity index (χ3v) is 4.07. The first-order valence-corrected chi connectivity index (χ1v) is 6.92. The van der Waals surface area contributed by atoms with Crippen molar-refractivity contribution in [2.24, 2.45) is 11.7 Å². The number of benzene rings is 1. The lowest BCUT2D eigenvalue weighted by Gasteiger charge is -2.20. The van der Waals surface area contributed by atoms with Gasteiger partial charge in [-0.25, -0.2) is 0 Å². The smallest absolute Gasteiger partial charge is 0.125 e. The molecule has 3 rings (SSSR count). The Labute approximate surface area is 113 Å². The highest BCUT2D eigenvalue weighted by molar-refractivity contribution is 5.50. The Balaban J connectivity index is 1.99. The number of hydrogen-bond donors (Lipinski definition) is 1. The summed E-state index contributed by atoms with van der Waals surface area (Å²) >= 11 is 0. The van der Waals surface area contributed by atoms with Gasteiger partial charge in [-0.15, -0.1) is 0 Å². The molecule has 2 aliphatic heterocycles. The first-order chi connectivity index (χ1) is 9.22. The molecule has 0 radical (unpaired) electrons. The number of hydrogen-bond acceptors (Lipinski definition) is 4. The van der Waals surface area contributed by atoms with Gasteiger partial charge in [0.25, 0.3) is 0 Å². The molecule has 1 saturated heterocycles. The normalized spacial score (nSPS) is 29.1. The lowest BCUT2D eigenvalue weighted by molar-refractivity contribution is 0.0899. The van der Waals surface area contributed by atoms with E-state index in [1.807, 2.05) is 0 Å². The fraction of sp³-hybridized carbons (Fsp3) is 0.600. The maximum atomic E-state index is 5.86. The third kappa shape index (κ3) is 2.19. The Morgan fingerprint density at radius 1 is 1.42 bits per heavy atom. The van der Waals surface area contributed by atoms with Crippen LogP contribution in [0.4, 0.5) is 0 Å². The summed E-state index contributed by atoms with van der Waals surface area (Å²) in [5.41, 5.74) is 8.13. The molecule has 1 aromatic carbocycles. The zero-order valence-corrected chi connectivity index (χ0v) is 11.5. The van der Waals surface area contributed by atoms with E-state index in [4.69, 9.17) is 19.9 Å². The van der Waals surface area contributed by atoms with Crippen molar-refractivity contribution in [1.29, 1.82) is 0 Å². The molecule has 2 N–H and O–H groups in total. The van der Waals surface area contributed by atoms with E-state index in [9.17, 15) is 0 Å². The number of methoxy groups -OCH3 is 1. The molecule has 0 aliphatic carbocycles. The van der Waals surface area contributed by atoms with E-state index in [1.54, 1.807) is 7.11 Å². The van der Waals surface area contributed by atoms with Crippen molar-refractivity contribution < 1.29 is 14.2 Å². The first kappa shape index (κ1) is 12.8. The van der Waals surface area contributed by atoms with E-state index >= 15 is 0 Å². The minimum atomic E-state index is 0.0322. The topological polar surface area (TPSA) is 53.7 Å². The number of fused-ring (bicyclic) bond motifs is 1. The second-order valence-electron chi connectivity index (χ2n) is 5.41. The van der Waals surface area contributed by atoms with Crippen LogP contribution in [0.2, 0.25) is 0 Å². The van der Waals surface area contributed by atoms with Crippen LogP contribution in [0.3, 0.4) is 0 Å². The Morgan fingerprint density at radius 3 is 3.00 bits per heavy atom. The van der Waals surface area contributed by atoms with Gasteiger partial charge in [0.2, 0.25) is 0 Å². The Hall–Kier alpha value is -1.26. The van der Waals surface area contributed by atoms with Gasteiger partial charge in [-0.2, -0.15) is 0 Å². The lowest BCUT2D eigenvalue weighted by Crippen LogP contribution is -2.18. The van der Waals surface area contributed by atoms with Crippen molar-refractivity contribution in [3.8, 4) is 11.5 Å². The summed E-state index contributed by atoms with van der Waals surface area (Å²) in [6.45, 7) is 3.49. The van der Waals surface area contributed by atoms with Gasteiger partial charge in [-0.05, 0) is 32.0 Å². The zero-order valence-electron chi connectivity index (χ0n) is 11.5. The largest absolute Gasteiger partial charge is 0.496 e. The molecule has 19 heavy (non-hydrogen) atoms. The molecule has 0 spiro atoms. The summed E-state index contributed by atoms with van der Waals surface area (Å²) in [5.74, 6) is 2.22. The van der Waals surface area contributed by atoms with Crippen LogP contribution in [0.1, 0.15) is 30.6 Å². The molecule has 1 fully saturated rings. The van der Waals surface area contributed by atoms with Crippen LogP contribution < -0.4 is 15.2 Å². The SMILES string of the molecule is COc1cc2c(cc1C1OCCC1CN)OC(C)C2. The van der Waals surface area contributed by atoms with Gasteiger partial charge >= 0.3 is 0 Å². The third-order valence-electron chi connectivity index (χ3n) is 4.07. The average molecular weight is 263 g/mol. The summed E-state index contributed by atoms with van der Waals surface area (Å²) in [4.78, 5) is 0. The average Bonchev–Trinajstić information content (AvgIpc) is 3.00. The standard InChI is InChI=1S/C15H21NO3/c1-9-5-11-6-14(17-2)12(7-13(11)19-9)15-10(8-16)3-4-18-15/h6-7,9-10,15H,3-5,8,16H2,1-2H3. The predicted octanol–water partition coefficient (Wildman–Crippen LogP) is 2.05. The van der Waals surface area contributed by atoms with Crippen LogP contribution in [-0.2, 0) is 11.2 Å². The van der Waals surface area contributed by atoms with Gasteiger partial charge in [0, 0.05) is 30.1 Å². The summed E-state index contributed by atoms with van der Waals surface area (Å²) in [6.07, 6.45) is 2.23. The van der Waals surface area contributed by atoms with Crippen molar-refractivity contribution >= 4 is 0 Å². The first-order valence-electron chi connectivity index (χ1n) is 6.92. The molecule has 3 unspecified atom stereocenters. The van der Waals surface area contributed by atoms with E-state index in [2.05, 4.69) is 19.1 Å². The van der Waals surface area contributed by atoms with Crippen molar-refractivity contribution in [2.45, 2.75) is 32.0 Å². The molecule has 0 bridgehead atoms. The van der Waals surface area contributed by atoms with Crippen LogP contribution in [0.15, 0.2) is 12.1 Å². The van der Waals surface area contributed by atoms with Crippen molar-refractivity contribution in [3.05, 3.63) is 23.3 Å². The Bertz CT molecular complexity index is 475. The van der Waals surface area contributed by atoms with Crippen LogP contribution in [0.25, 0.3) is 0 Å². The fourth-order valence-electron chi connectivity index (χ4n) is 3.07. The summed E-state index contributed by atoms with van der Waals surface area (Å²) in [7, 11) is 1.71. The highest BCUT2D eigenvalue weighted by atomic mass is 16.5. The van der Waals surface area contributed by atoms with Crippen LogP contribution in [0, 0.1) is 5.92 Å². The molecule has 0 amide bonds. The van der Waals surface area contributed by atoms with Crippen molar-refractivity contribution in [1.82, 2.24) is 0 Å². The summed E-state index contributed by atoms with van der Waals surface area (Å²) in [6, 6.07) is 4.17. The van der Waals surface area contributed by atoms with Gasteiger partial charge in [0.05, 0.1) is 13.2 Å². The number of nitrogens with two attached hydrogens (primary N) is 1. The van der Waals surface area contributed by atoms with Gasteiger partial charge in [-0.1, -0.05) is 0 Å². The van der Waals surface area contributed by atoms with Crippen LogP contribution in [-0.4, -0.2) is 26.4 Å². The van der Waals surface area contributed by atoms with E-state index in [1.165, 1.54) is 5.56 Å². The monoisotopic (exact) mass is 263 g/mol. The zero-order chi connectivity index (χ0) is 13.4. The molecule has 0 saturated carbocycles. The van der Waals surface area contributed by atoms with E-state index in [-0.39, 0.29) is 12.2 Å². The van der Waals surface area contributed by atoms with Gasteiger partial charge in [-0.3, -0.25) is 0 Å². The molecule has 2 heterocycles. The predicted molar refractivity (Wildman–Crippen MR) is 72.6 cm³/mol. The molecular formula is C15H21NO3. The molecule has 0 aromatic heterocycles. The highest BCUT2D eigenvalue weighted by Crippen LogP contribution is 2.43. The minimum Gasteiger partial charge on any atom is -0.496 e. The maximum absolute atomic E-state index is 5.86. The summed E-state index contributed by atoms with van der Waals surface area (Å²) < 4.78 is 17.2. The Morgan fingerprint density at radius 2 is 2.26 bits per heavy atom. The van der Waals surface area contributed by atoms with E-state index in [0.717, 1.165) is 36.5 Å². The summed E-state index contributed by atoms with van der Waals surface area (Å²) in [5, 5.41) is 0. The van der Waals surface area contributed by atoms with E-state index in [0.29, 0.717) is 12.5 Å².